The molecule has 0 radical (unpaired) electrons. The topological polar surface area (TPSA) is 28.2 Å². The van der Waals surface area contributed by atoms with Crippen molar-refractivity contribution in [2.24, 2.45) is 0 Å². The highest BCUT2D eigenvalue weighted by Crippen LogP contribution is 2.23. The monoisotopic (exact) mass is 277 g/mol. The Morgan fingerprint density at radius 1 is 1.11 bits per heavy atom. The lowest BCUT2D eigenvalue weighted by Gasteiger charge is -2.29. The molecule has 0 saturated carbocycles. The van der Waals surface area contributed by atoms with Crippen molar-refractivity contribution in [3.63, 3.8) is 0 Å². The van der Waals surface area contributed by atoms with Crippen LogP contribution in [-0.2, 0) is 0 Å². The van der Waals surface area contributed by atoms with Crippen LogP contribution < -0.4 is 10.2 Å². The first-order valence-electron chi connectivity index (χ1n) is 6.58. The summed E-state index contributed by atoms with van der Waals surface area (Å²) in [5.74, 6) is 1.12. The van der Waals surface area contributed by atoms with Crippen LogP contribution in [0.3, 0.4) is 0 Å². The summed E-state index contributed by atoms with van der Waals surface area (Å²) < 4.78 is 0. The standard InChI is InChI=1S/C15H19N3.ClH/c1-11-3-4-13-12(2)10-15(17-14(13)9-11)18-7-5-16-6-8-18;/h3-4,9-10,16H,5-8H2,1-2H3;1H. The molecule has 1 fully saturated rings. The Balaban J connectivity index is 0.00000133. The van der Waals surface area contributed by atoms with Gasteiger partial charge in [-0.05, 0) is 37.1 Å². The van der Waals surface area contributed by atoms with Crippen molar-refractivity contribution >= 4 is 29.1 Å². The fourth-order valence-corrected chi connectivity index (χ4v) is 2.55. The average molecular weight is 278 g/mol. The van der Waals surface area contributed by atoms with Gasteiger partial charge >= 0.3 is 0 Å². The summed E-state index contributed by atoms with van der Waals surface area (Å²) in [5, 5.41) is 4.64. The molecule has 2 heterocycles. The lowest BCUT2D eigenvalue weighted by molar-refractivity contribution is 0.585. The molecule has 3 rings (SSSR count). The lowest BCUT2D eigenvalue weighted by Crippen LogP contribution is -2.43. The number of hydrogen-bond acceptors (Lipinski definition) is 3. The van der Waals surface area contributed by atoms with E-state index in [0.29, 0.717) is 0 Å². The Kier molecular flexibility index (Phi) is 4.27. The molecule has 19 heavy (non-hydrogen) atoms. The molecule has 1 aromatic carbocycles. The number of hydrogen-bond donors (Lipinski definition) is 1. The van der Waals surface area contributed by atoms with E-state index in [1.54, 1.807) is 0 Å². The summed E-state index contributed by atoms with van der Waals surface area (Å²) in [6.45, 7) is 8.48. The summed E-state index contributed by atoms with van der Waals surface area (Å²) in [7, 11) is 0. The number of fused-ring (bicyclic) bond motifs is 1. The van der Waals surface area contributed by atoms with E-state index in [2.05, 4.69) is 48.3 Å². The number of anilines is 1. The molecule has 2 aromatic rings. The van der Waals surface area contributed by atoms with Crippen LogP contribution in [0, 0.1) is 13.8 Å². The van der Waals surface area contributed by atoms with Gasteiger partial charge in [-0.2, -0.15) is 0 Å². The van der Waals surface area contributed by atoms with Crippen molar-refractivity contribution in [1.82, 2.24) is 10.3 Å². The molecule has 4 heteroatoms. The summed E-state index contributed by atoms with van der Waals surface area (Å²) in [5.41, 5.74) is 3.70. The number of nitrogens with one attached hydrogen (secondary N) is 1. The number of aryl methyl sites for hydroxylation is 2. The second-order valence-electron chi connectivity index (χ2n) is 5.06. The van der Waals surface area contributed by atoms with Gasteiger partial charge in [0.2, 0.25) is 0 Å². The van der Waals surface area contributed by atoms with Crippen LogP contribution in [0.2, 0.25) is 0 Å². The van der Waals surface area contributed by atoms with Crippen LogP contribution in [0.4, 0.5) is 5.82 Å². The molecule has 0 atom stereocenters. The SMILES string of the molecule is Cc1ccc2c(C)cc(N3CCNCC3)nc2c1.Cl. The van der Waals surface area contributed by atoms with E-state index in [1.165, 1.54) is 16.5 Å². The van der Waals surface area contributed by atoms with Crippen LogP contribution in [0.5, 0.6) is 0 Å². The summed E-state index contributed by atoms with van der Waals surface area (Å²) in [4.78, 5) is 7.19. The first kappa shape index (κ1) is 14.1. The minimum Gasteiger partial charge on any atom is -0.354 e. The molecule has 1 aliphatic rings. The molecule has 102 valence electrons. The van der Waals surface area contributed by atoms with E-state index in [-0.39, 0.29) is 12.4 Å². The van der Waals surface area contributed by atoms with Crippen molar-refractivity contribution in [2.75, 3.05) is 31.1 Å². The molecular weight excluding hydrogens is 258 g/mol. The normalized spacial score (nSPS) is 15.4. The number of halogens is 1. The van der Waals surface area contributed by atoms with Crippen molar-refractivity contribution in [3.05, 3.63) is 35.4 Å². The maximum absolute atomic E-state index is 4.82. The first-order valence-corrected chi connectivity index (χ1v) is 6.58. The quantitative estimate of drug-likeness (QED) is 0.869. The highest BCUT2D eigenvalue weighted by atomic mass is 35.5. The van der Waals surface area contributed by atoms with Gasteiger partial charge in [0.15, 0.2) is 0 Å². The first-order chi connectivity index (χ1) is 8.74. The van der Waals surface area contributed by atoms with Gasteiger partial charge in [0.1, 0.15) is 5.82 Å². The van der Waals surface area contributed by atoms with Crippen molar-refractivity contribution < 1.29 is 0 Å². The second-order valence-corrected chi connectivity index (χ2v) is 5.06. The van der Waals surface area contributed by atoms with Gasteiger partial charge in [0.25, 0.3) is 0 Å². The Hall–Kier alpha value is -1.32. The molecule has 0 bridgehead atoms. The smallest absolute Gasteiger partial charge is 0.129 e. The number of nitrogens with zero attached hydrogens (tertiary/aromatic N) is 2. The molecule has 1 N–H and O–H groups in total. The van der Waals surface area contributed by atoms with Gasteiger partial charge in [0.05, 0.1) is 5.52 Å². The third kappa shape index (κ3) is 2.82. The van der Waals surface area contributed by atoms with Crippen LogP contribution >= 0.6 is 12.4 Å². The lowest BCUT2D eigenvalue weighted by atomic mass is 10.1. The van der Waals surface area contributed by atoms with Gasteiger partial charge in [-0.15, -0.1) is 12.4 Å². The van der Waals surface area contributed by atoms with Crippen LogP contribution in [0.15, 0.2) is 24.3 Å². The summed E-state index contributed by atoms with van der Waals surface area (Å²) in [6, 6.07) is 8.72. The molecule has 1 aliphatic heterocycles. The summed E-state index contributed by atoms with van der Waals surface area (Å²) >= 11 is 0. The Bertz CT molecular complexity index is 577. The van der Waals surface area contributed by atoms with Crippen molar-refractivity contribution in [1.29, 1.82) is 0 Å². The molecule has 0 aliphatic carbocycles. The van der Waals surface area contributed by atoms with Crippen LogP contribution in [-0.4, -0.2) is 31.2 Å². The third-order valence-corrected chi connectivity index (χ3v) is 3.60. The Morgan fingerprint density at radius 3 is 2.58 bits per heavy atom. The van der Waals surface area contributed by atoms with Gasteiger partial charge in [0, 0.05) is 31.6 Å². The van der Waals surface area contributed by atoms with E-state index >= 15 is 0 Å². The number of benzene rings is 1. The average Bonchev–Trinajstić information content (AvgIpc) is 2.39. The fourth-order valence-electron chi connectivity index (χ4n) is 2.55. The second kappa shape index (κ2) is 5.76. The van der Waals surface area contributed by atoms with Crippen molar-refractivity contribution in [2.45, 2.75) is 13.8 Å². The van der Waals surface area contributed by atoms with E-state index in [1.807, 2.05) is 0 Å². The third-order valence-electron chi connectivity index (χ3n) is 3.60. The Morgan fingerprint density at radius 2 is 1.84 bits per heavy atom. The number of aromatic nitrogens is 1. The minimum absolute atomic E-state index is 0. The highest BCUT2D eigenvalue weighted by molar-refractivity contribution is 5.85. The number of rotatable bonds is 1. The van der Waals surface area contributed by atoms with E-state index in [4.69, 9.17) is 4.98 Å². The van der Waals surface area contributed by atoms with Crippen LogP contribution in [0.25, 0.3) is 10.9 Å². The Labute approximate surface area is 120 Å². The molecule has 0 amide bonds. The molecular formula is C15H20ClN3. The zero-order valence-corrected chi connectivity index (χ0v) is 12.3. The van der Waals surface area contributed by atoms with E-state index in [9.17, 15) is 0 Å². The predicted molar refractivity (Wildman–Crippen MR) is 83.5 cm³/mol. The fraction of sp³-hybridized carbons (Fsp3) is 0.400. The number of pyridine rings is 1. The predicted octanol–water partition coefficient (Wildman–Crippen LogP) is 2.68. The van der Waals surface area contributed by atoms with Crippen LogP contribution in [0.1, 0.15) is 11.1 Å². The highest BCUT2D eigenvalue weighted by Gasteiger charge is 2.13. The molecule has 1 saturated heterocycles. The van der Waals surface area contributed by atoms with E-state index < -0.39 is 0 Å². The number of piperazine rings is 1. The van der Waals surface area contributed by atoms with Gasteiger partial charge < -0.3 is 10.2 Å². The largest absolute Gasteiger partial charge is 0.354 e. The van der Waals surface area contributed by atoms with Gasteiger partial charge in [-0.1, -0.05) is 12.1 Å². The molecule has 0 spiro atoms. The molecule has 1 aromatic heterocycles. The molecule has 0 unspecified atom stereocenters. The van der Waals surface area contributed by atoms with E-state index in [0.717, 1.165) is 37.5 Å². The van der Waals surface area contributed by atoms with Gasteiger partial charge in [-0.25, -0.2) is 4.98 Å². The maximum Gasteiger partial charge on any atom is 0.129 e. The van der Waals surface area contributed by atoms with Gasteiger partial charge in [-0.3, -0.25) is 0 Å². The molecule has 3 nitrogen and oxygen atoms in total. The zero-order valence-electron chi connectivity index (χ0n) is 11.4. The zero-order chi connectivity index (χ0) is 12.5. The maximum atomic E-state index is 4.82. The summed E-state index contributed by atoms with van der Waals surface area (Å²) in [6.07, 6.45) is 0. The minimum atomic E-state index is 0. The van der Waals surface area contributed by atoms with Crippen molar-refractivity contribution in [3.8, 4) is 0 Å².